The fourth-order valence-corrected chi connectivity index (χ4v) is 5.61. The van der Waals surface area contributed by atoms with Crippen LogP contribution in [0.25, 0.3) is 11.1 Å². The minimum Gasteiger partial charge on any atom is -0.391 e. The summed E-state index contributed by atoms with van der Waals surface area (Å²) < 4.78 is 15.2. The molecule has 2 saturated heterocycles. The van der Waals surface area contributed by atoms with E-state index in [0.29, 0.717) is 54.9 Å². The van der Waals surface area contributed by atoms with E-state index in [0.717, 1.165) is 5.56 Å². The molecule has 5 rings (SSSR count). The molecule has 6 nitrogen and oxygen atoms in total. The van der Waals surface area contributed by atoms with Crippen LogP contribution in [0.15, 0.2) is 42.5 Å². The molecule has 4 atom stereocenters. The third-order valence-electron chi connectivity index (χ3n) is 6.81. The lowest BCUT2D eigenvalue weighted by Gasteiger charge is -2.40. The van der Waals surface area contributed by atoms with Gasteiger partial charge >= 0.3 is 0 Å². The number of amides is 2. The van der Waals surface area contributed by atoms with Gasteiger partial charge in [0.05, 0.1) is 12.0 Å². The molecule has 2 aromatic rings. The highest BCUT2D eigenvalue weighted by Crippen LogP contribution is 2.58. The van der Waals surface area contributed by atoms with Crippen LogP contribution in [0.1, 0.15) is 27.9 Å². The predicted molar refractivity (Wildman–Crippen MR) is 125 cm³/mol. The SMILES string of the molecule is O=C(c1ccc2c(c1)C(O)(C(F)(P)P)c1ccccc1-2)N1CC(C(=O)N2CCC(O)C2)C1. The van der Waals surface area contributed by atoms with Crippen molar-refractivity contribution in [1.29, 1.82) is 0 Å². The normalized spacial score (nSPS) is 24.8. The number of alkyl halides is 1. The Balaban J connectivity index is 1.38. The number of carbonyl (C=O) groups excluding carboxylic acids is 2. The van der Waals surface area contributed by atoms with Gasteiger partial charge in [0.2, 0.25) is 5.91 Å². The first-order valence-electron chi connectivity index (χ1n) is 10.6. The first kappa shape index (κ1) is 21.9. The molecule has 2 amide bonds. The Morgan fingerprint density at radius 1 is 1.03 bits per heavy atom. The molecule has 0 saturated carbocycles. The summed E-state index contributed by atoms with van der Waals surface area (Å²) in [6.07, 6.45) is 0.116. The van der Waals surface area contributed by atoms with Gasteiger partial charge in [0.1, 0.15) is 0 Å². The van der Waals surface area contributed by atoms with E-state index in [2.05, 4.69) is 0 Å². The van der Waals surface area contributed by atoms with Crippen LogP contribution in [0.5, 0.6) is 0 Å². The van der Waals surface area contributed by atoms with Crippen molar-refractivity contribution < 1.29 is 24.2 Å². The molecule has 0 bridgehead atoms. The number of aliphatic hydroxyl groups excluding tert-OH is 1. The van der Waals surface area contributed by atoms with Gasteiger partial charge in [-0.2, -0.15) is 0 Å². The number of aliphatic hydroxyl groups is 2. The van der Waals surface area contributed by atoms with E-state index in [1.807, 2.05) is 30.6 Å². The smallest absolute Gasteiger partial charge is 0.253 e. The van der Waals surface area contributed by atoms with Crippen molar-refractivity contribution in [3.63, 3.8) is 0 Å². The van der Waals surface area contributed by atoms with Gasteiger partial charge in [-0.1, -0.05) is 48.8 Å². The van der Waals surface area contributed by atoms with E-state index in [9.17, 15) is 19.8 Å². The molecule has 2 N–H and O–H groups in total. The van der Waals surface area contributed by atoms with Crippen LogP contribution in [0.4, 0.5) is 4.39 Å². The number of nitrogens with zero attached hydrogens (tertiary/aromatic N) is 2. The van der Waals surface area contributed by atoms with E-state index in [-0.39, 0.29) is 17.7 Å². The molecule has 9 heteroatoms. The molecule has 0 spiro atoms. The molecule has 1 aliphatic carbocycles. The quantitative estimate of drug-likeness (QED) is 0.667. The lowest BCUT2D eigenvalue weighted by Crippen LogP contribution is -2.56. The van der Waals surface area contributed by atoms with E-state index in [4.69, 9.17) is 0 Å². The largest absolute Gasteiger partial charge is 0.391 e. The number of likely N-dealkylation sites (tertiary alicyclic amines) is 2. The Bertz CT molecular complexity index is 1120. The molecular weight excluding hydrogens is 449 g/mol. The molecule has 2 aromatic carbocycles. The number of hydrogen-bond acceptors (Lipinski definition) is 4. The van der Waals surface area contributed by atoms with Gasteiger partial charge in [-0.3, -0.25) is 9.59 Å². The number of carbonyl (C=O) groups is 2. The van der Waals surface area contributed by atoms with Crippen molar-refractivity contribution in [3.05, 3.63) is 59.2 Å². The minimum atomic E-state index is -2.13. The summed E-state index contributed by atoms with van der Waals surface area (Å²) in [6.45, 7) is 1.52. The summed E-state index contributed by atoms with van der Waals surface area (Å²) in [5.74, 6) is -0.552. The van der Waals surface area contributed by atoms with Crippen molar-refractivity contribution >= 4 is 30.3 Å². The van der Waals surface area contributed by atoms with Gasteiger partial charge in [0.25, 0.3) is 5.91 Å². The molecule has 168 valence electrons. The summed E-state index contributed by atoms with van der Waals surface area (Å²) in [5.41, 5.74) is 0.630. The monoisotopic (exact) mass is 474 g/mol. The topological polar surface area (TPSA) is 81.1 Å². The van der Waals surface area contributed by atoms with E-state index in [1.54, 1.807) is 40.1 Å². The Kier molecular flexibility index (Phi) is 5.18. The van der Waals surface area contributed by atoms with Gasteiger partial charge in [0.15, 0.2) is 10.8 Å². The van der Waals surface area contributed by atoms with Gasteiger partial charge < -0.3 is 20.0 Å². The van der Waals surface area contributed by atoms with Crippen molar-refractivity contribution in [1.82, 2.24) is 9.80 Å². The third-order valence-corrected chi connectivity index (χ3v) is 7.65. The van der Waals surface area contributed by atoms with Crippen LogP contribution in [0.3, 0.4) is 0 Å². The molecule has 4 unspecified atom stereocenters. The molecule has 0 aromatic heterocycles. The molecule has 3 aliphatic rings. The Labute approximate surface area is 190 Å². The summed E-state index contributed by atoms with van der Waals surface area (Å²) in [6, 6.07) is 12.1. The maximum absolute atomic E-state index is 15.2. The molecule has 32 heavy (non-hydrogen) atoms. The highest BCUT2D eigenvalue weighted by Gasteiger charge is 2.53. The fraction of sp³-hybridized carbons (Fsp3) is 0.391. The first-order valence-corrected chi connectivity index (χ1v) is 11.8. The predicted octanol–water partition coefficient (Wildman–Crippen LogP) is 1.94. The van der Waals surface area contributed by atoms with Gasteiger partial charge in [-0.15, -0.1) is 0 Å². The van der Waals surface area contributed by atoms with Gasteiger partial charge in [0, 0.05) is 37.3 Å². The summed E-state index contributed by atoms with van der Waals surface area (Å²) >= 11 is 0. The van der Waals surface area contributed by atoms with Crippen LogP contribution in [0, 0.1) is 5.92 Å². The lowest BCUT2D eigenvalue weighted by molar-refractivity contribution is -0.139. The first-order chi connectivity index (χ1) is 15.1. The summed E-state index contributed by atoms with van der Waals surface area (Å²) in [4.78, 5) is 28.9. The highest BCUT2D eigenvalue weighted by molar-refractivity contribution is 7.39. The number of rotatable bonds is 3. The third kappa shape index (κ3) is 3.21. The van der Waals surface area contributed by atoms with Crippen molar-refractivity contribution in [2.45, 2.75) is 23.3 Å². The van der Waals surface area contributed by atoms with E-state index < -0.39 is 16.9 Å². The standard InChI is InChI=1S/C23H25FN2O4P2/c24-23(31,32)22(30)18-4-2-1-3-16(18)17-6-5-13(9-19(17)22)20(28)26-10-14(11-26)21(29)25-8-7-15(27)12-25/h1-6,9,14-15,27,30H,7-8,10-12,31-32H2. The average molecular weight is 474 g/mol. The molecular formula is C23H25FN2O4P2. The zero-order valence-electron chi connectivity index (χ0n) is 17.4. The van der Waals surface area contributed by atoms with Crippen molar-refractivity contribution in [2.24, 2.45) is 5.92 Å². The zero-order chi connectivity index (χ0) is 22.8. The van der Waals surface area contributed by atoms with Crippen LogP contribution in [-0.4, -0.2) is 69.3 Å². The number of halogens is 1. The Morgan fingerprint density at radius 3 is 2.38 bits per heavy atom. The number of β-amino-alcohol motifs (C(OH)–C–C–N with tert-alkyl or cyclic N) is 1. The second-order valence-corrected chi connectivity index (χ2v) is 11.3. The molecule has 0 radical (unpaired) electrons. The number of hydrogen-bond donors (Lipinski definition) is 2. The zero-order valence-corrected chi connectivity index (χ0v) is 19.7. The van der Waals surface area contributed by atoms with E-state index >= 15 is 4.39 Å². The number of fused-ring (bicyclic) bond motifs is 3. The summed E-state index contributed by atoms with van der Waals surface area (Å²) in [7, 11) is 4.09. The maximum Gasteiger partial charge on any atom is 0.253 e. The minimum absolute atomic E-state index is 0.0300. The second kappa shape index (κ2) is 7.56. The van der Waals surface area contributed by atoms with Crippen LogP contribution < -0.4 is 0 Å². The Hall–Kier alpha value is -1.91. The van der Waals surface area contributed by atoms with E-state index in [1.165, 1.54) is 0 Å². The molecule has 2 fully saturated rings. The van der Waals surface area contributed by atoms with Gasteiger partial charge in [-0.05, 0) is 35.2 Å². The maximum atomic E-state index is 15.2. The van der Waals surface area contributed by atoms with Gasteiger partial charge in [-0.25, -0.2) is 4.39 Å². The Morgan fingerprint density at radius 2 is 1.72 bits per heavy atom. The number of benzene rings is 2. The van der Waals surface area contributed by atoms with Crippen molar-refractivity contribution in [2.75, 3.05) is 26.2 Å². The second-order valence-electron chi connectivity index (χ2n) is 8.92. The van der Waals surface area contributed by atoms with Crippen molar-refractivity contribution in [3.8, 4) is 11.1 Å². The van der Waals surface area contributed by atoms with Crippen LogP contribution in [-0.2, 0) is 10.4 Å². The fourth-order valence-electron chi connectivity index (χ4n) is 4.99. The molecule has 2 aliphatic heterocycles. The highest BCUT2D eigenvalue weighted by atomic mass is 31.1. The lowest BCUT2D eigenvalue weighted by atomic mass is 9.90. The van der Waals surface area contributed by atoms with Crippen LogP contribution in [0.2, 0.25) is 0 Å². The average Bonchev–Trinajstić information content (AvgIpc) is 3.27. The summed E-state index contributed by atoms with van der Waals surface area (Å²) in [5, 5.41) is 19.0. The molecule has 2 heterocycles. The van der Waals surface area contributed by atoms with Crippen LogP contribution >= 0.6 is 18.5 Å².